The molecule has 1 amide bonds. The number of hydrogen-bond donors (Lipinski definition) is 0. The Morgan fingerprint density at radius 2 is 1.87 bits per heavy atom. The lowest BCUT2D eigenvalue weighted by Crippen LogP contribution is -2.47. The molecule has 0 unspecified atom stereocenters. The number of carbonyl (C=O) groups is 1. The molecule has 1 spiro atoms. The Morgan fingerprint density at radius 3 is 2.55 bits per heavy atom. The molecule has 0 N–H and O–H groups in total. The fourth-order valence-corrected chi connectivity index (χ4v) is 4.56. The van der Waals surface area contributed by atoms with E-state index in [2.05, 4.69) is 6.07 Å². The average Bonchev–Trinajstić information content (AvgIpc) is 3.04. The Balaban J connectivity index is 1.40. The Labute approximate surface area is 193 Å². The van der Waals surface area contributed by atoms with Crippen molar-refractivity contribution in [3.8, 4) is 11.5 Å². The molecule has 2 heterocycles. The Morgan fingerprint density at radius 1 is 1.13 bits per heavy atom. The van der Waals surface area contributed by atoms with Gasteiger partial charge in [0.15, 0.2) is 0 Å². The van der Waals surface area contributed by atoms with Crippen molar-refractivity contribution in [1.82, 2.24) is 4.90 Å². The minimum Gasteiger partial charge on any atom is -0.492 e. The average molecular weight is 464 g/mol. The van der Waals surface area contributed by atoms with E-state index >= 15 is 0 Å². The molecule has 0 bridgehead atoms. The zero-order valence-corrected chi connectivity index (χ0v) is 19.6. The number of ether oxygens (including phenoxy) is 3. The zero-order chi connectivity index (χ0) is 22.2. The number of amides is 1. The van der Waals surface area contributed by atoms with Gasteiger partial charge >= 0.3 is 6.09 Å². The van der Waals surface area contributed by atoms with E-state index in [4.69, 9.17) is 37.4 Å². The van der Waals surface area contributed by atoms with Crippen LogP contribution in [0.2, 0.25) is 10.0 Å². The van der Waals surface area contributed by atoms with Crippen LogP contribution in [-0.4, -0.2) is 36.3 Å². The summed E-state index contributed by atoms with van der Waals surface area (Å²) in [6.45, 7) is 7.95. The van der Waals surface area contributed by atoms with Gasteiger partial charge in [-0.2, -0.15) is 0 Å². The Hall–Kier alpha value is -2.11. The number of benzene rings is 2. The van der Waals surface area contributed by atoms with Gasteiger partial charge in [-0.25, -0.2) is 4.79 Å². The summed E-state index contributed by atoms with van der Waals surface area (Å²) in [6.07, 6.45) is 1.45. The number of hydrogen-bond acceptors (Lipinski definition) is 4. The lowest BCUT2D eigenvalue weighted by Gasteiger charge is -2.38. The van der Waals surface area contributed by atoms with Crippen molar-refractivity contribution in [2.45, 2.75) is 51.2 Å². The molecule has 0 aromatic heterocycles. The smallest absolute Gasteiger partial charge is 0.410 e. The molecule has 4 rings (SSSR count). The van der Waals surface area contributed by atoms with E-state index < -0.39 is 5.60 Å². The van der Waals surface area contributed by atoms with Gasteiger partial charge in [-0.3, -0.25) is 0 Å². The summed E-state index contributed by atoms with van der Waals surface area (Å²) in [4.78, 5) is 14.2. The third-order valence-corrected chi connectivity index (χ3v) is 6.40. The van der Waals surface area contributed by atoms with Gasteiger partial charge in [0.2, 0.25) is 0 Å². The summed E-state index contributed by atoms with van der Waals surface area (Å²) in [5.74, 6) is 1.58. The highest BCUT2D eigenvalue weighted by Gasteiger charge is 2.44. The topological polar surface area (TPSA) is 48.0 Å². The molecule has 2 aromatic rings. The predicted molar refractivity (Wildman–Crippen MR) is 121 cm³/mol. The lowest BCUT2D eigenvalue weighted by atomic mass is 9.74. The maximum Gasteiger partial charge on any atom is 0.410 e. The minimum atomic E-state index is -0.484. The van der Waals surface area contributed by atoms with Gasteiger partial charge in [0, 0.05) is 45.7 Å². The number of halogens is 2. The zero-order valence-electron chi connectivity index (χ0n) is 18.0. The predicted octanol–water partition coefficient (Wildman–Crippen LogP) is 6.23. The minimum absolute atomic E-state index is 0.0636. The van der Waals surface area contributed by atoms with Crippen LogP contribution in [0.25, 0.3) is 0 Å². The summed E-state index contributed by atoms with van der Waals surface area (Å²) in [6, 6.07) is 11.4. The normalized spacial score (nSPS) is 17.3. The highest BCUT2D eigenvalue weighted by molar-refractivity contribution is 6.35. The third kappa shape index (κ3) is 4.88. The monoisotopic (exact) mass is 463 g/mol. The van der Waals surface area contributed by atoms with Crippen molar-refractivity contribution in [2.75, 3.05) is 19.7 Å². The fourth-order valence-electron chi connectivity index (χ4n) is 4.10. The molecule has 0 radical (unpaired) electrons. The van der Waals surface area contributed by atoms with Crippen molar-refractivity contribution in [3.63, 3.8) is 0 Å². The standard InChI is InChI=1S/C24H27Cl2NO4/c1-23(2,3)31-22(28)27-10-8-24(9-11-27)15-30-21-13-18(6-7-19(21)24)29-14-16-4-5-17(25)12-20(16)26/h4-7,12-13H,8-11,14-15H2,1-3H3. The molecule has 2 aliphatic rings. The van der Waals surface area contributed by atoms with Crippen molar-refractivity contribution in [3.05, 3.63) is 57.6 Å². The van der Waals surface area contributed by atoms with Crippen LogP contribution in [-0.2, 0) is 16.8 Å². The maximum atomic E-state index is 12.4. The fraction of sp³-hybridized carbons (Fsp3) is 0.458. The van der Waals surface area contributed by atoms with Crippen LogP contribution < -0.4 is 9.47 Å². The number of rotatable bonds is 3. The second-order valence-electron chi connectivity index (χ2n) is 9.22. The SMILES string of the molecule is CC(C)(C)OC(=O)N1CCC2(CC1)COc1cc(OCc3ccc(Cl)cc3Cl)ccc12. The molecule has 0 atom stereocenters. The van der Waals surface area contributed by atoms with Crippen LogP contribution in [0, 0.1) is 0 Å². The molecule has 5 nitrogen and oxygen atoms in total. The van der Waals surface area contributed by atoms with Crippen molar-refractivity contribution < 1.29 is 19.0 Å². The van der Waals surface area contributed by atoms with Crippen LogP contribution in [0.3, 0.4) is 0 Å². The van der Waals surface area contributed by atoms with Gasteiger partial charge in [0.05, 0.1) is 6.61 Å². The van der Waals surface area contributed by atoms with Crippen LogP contribution >= 0.6 is 23.2 Å². The summed E-state index contributed by atoms with van der Waals surface area (Å²) in [5.41, 5.74) is 1.51. The number of carbonyl (C=O) groups excluding carboxylic acids is 1. The summed E-state index contributed by atoms with van der Waals surface area (Å²) in [7, 11) is 0. The lowest BCUT2D eigenvalue weighted by molar-refractivity contribution is 0.0152. The van der Waals surface area contributed by atoms with Crippen LogP contribution in [0.15, 0.2) is 36.4 Å². The molecular formula is C24H27Cl2NO4. The van der Waals surface area contributed by atoms with E-state index in [0.717, 1.165) is 29.9 Å². The molecule has 2 aliphatic heterocycles. The summed E-state index contributed by atoms with van der Waals surface area (Å²) >= 11 is 12.2. The molecular weight excluding hydrogens is 437 g/mol. The van der Waals surface area contributed by atoms with E-state index in [0.29, 0.717) is 36.3 Å². The summed E-state index contributed by atoms with van der Waals surface area (Å²) in [5, 5.41) is 1.18. The van der Waals surface area contributed by atoms with E-state index in [9.17, 15) is 4.79 Å². The van der Waals surface area contributed by atoms with E-state index in [1.54, 1.807) is 17.0 Å². The number of piperidine rings is 1. The first-order valence-corrected chi connectivity index (χ1v) is 11.2. The quantitative estimate of drug-likeness (QED) is 0.540. The second kappa shape index (κ2) is 8.44. The van der Waals surface area contributed by atoms with E-state index in [-0.39, 0.29) is 11.5 Å². The Kier molecular flexibility index (Phi) is 6.01. The van der Waals surface area contributed by atoms with E-state index in [1.807, 2.05) is 39.0 Å². The highest BCUT2D eigenvalue weighted by atomic mass is 35.5. The molecule has 1 fully saturated rings. The van der Waals surface area contributed by atoms with Gasteiger partial charge < -0.3 is 19.1 Å². The Bertz CT molecular complexity index is 978. The maximum absolute atomic E-state index is 12.4. The van der Waals surface area contributed by atoms with Crippen molar-refractivity contribution in [2.24, 2.45) is 0 Å². The number of likely N-dealkylation sites (tertiary alicyclic amines) is 1. The van der Waals surface area contributed by atoms with Crippen LogP contribution in [0.4, 0.5) is 4.79 Å². The second-order valence-corrected chi connectivity index (χ2v) is 10.1. The van der Waals surface area contributed by atoms with Crippen molar-refractivity contribution >= 4 is 29.3 Å². The first-order chi connectivity index (χ1) is 14.7. The van der Waals surface area contributed by atoms with Gasteiger partial charge in [-0.15, -0.1) is 0 Å². The largest absolute Gasteiger partial charge is 0.492 e. The molecule has 1 saturated heterocycles. The van der Waals surface area contributed by atoms with Gasteiger partial charge in [-0.05, 0) is 51.8 Å². The molecule has 7 heteroatoms. The van der Waals surface area contributed by atoms with Crippen LogP contribution in [0.5, 0.6) is 11.5 Å². The van der Waals surface area contributed by atoms with E-state index in [1.165, 1.54) is 5.56 Å². The third-order valence-electron chi connectivity index (χ3n) is 5.81. The highest BCUT2D eigenvalue weighted by Crippen LogP contribution is 2.46. The van der Waals surface area contributed by atoms with Gasteiger partial charge in [0.25, 0.3) is 0 Å². The van der Waals surface area contributed by atoms with Gasteiger partial charge in [0.1, 0.15) is 23.7 Å². The first kappa shape index (κ1) is 22.1. The summed E-state index contributed by atoms with van der Waals surface area (Å²) < 4.78 is 17.5. The molecule has 2 aromatic carbocycles. The first-order valence-electron chi connectivity index (χ1n) is 10.5. The molecule has 166 valence electrons. The molecule has 0 aliphatic carbocycles. The number of fused-ring (bicyclic) bond motifs is 2. The van der Waals surface area contributed by atoms with Gasteiger partial charge in [-0.1, -0.05) is 35.3 Å². The number of nitrogens with zero attached hydrogens (tertiary/aromatic N) is 1. The van der Waals surface area contributed by atoms with Crippen LogP contribution in [0.1, 0.15) is 44.7 Å². The molecule has 31 heavy (non-hydrogen) atoms. The van der Waals surface area contributed by atoms with Crippen molar-refractivity contribution in [1.29, 1.82) is 0 Å². The molecule has 0 saturated carbocycles.